The van der Waals surface area contributed by atoms with Gasteiger partial charge in [0.2, 0.25) is 5.91 Å². The maximum absolute atomic E-state index is 12.3. The lowest BCUT2D eigenvalue weighted by atomic mass is 9.94. The van der Waals surface area contributed by atoms with Gasteiger partial charge in [0, 0.05) is 31.1 Å². The molecule has 88 valence electrons. The second-order valence-corrected chi connectivity index (χ2v) is 5.13. The van der Waals surface area contributed by atoms with Gasteiger partial charge >= 0.3 is 0 Å². The summed E-state index contributed by atoms with van der Waals surface area (Å²) in [6.07, 6.45) is 0. The molecule has 0 spiro atoms. The summed E-state index contributed by atoms with van der Waals surface area (Å²) < 4.78 is 0. The van der Waals surface area contributed by atoms with E-state index in [0.717, 1.165) is 13.1 Å². The number of carbonyl (C=O) groups is 1. The lowest BCUT2D eigenvalue weighted by molar-refractivity contribution is -0.141. The van der Waals surface area contributed by atoms with Crippen molar-refractivity contribution in [2.75, 3.05) is 13.1 Å². The molecule has 0 aromatic carbocycles. The molecule has 15 heavy (non-hydrogen) atoms. The fraction of sp³-hybridized carbons (Fsp3) is 0.917. The van der Waals surface area contributed by atoms with Gasteiger partial charge in [-0.25, -0.2) is 0 Å². The van der Waals surface area contributed by atoms with Gasteiger partial charge in [-0.3, -0.25) is 4.79 Å². The summed E-state index contributed by atoms with van der Waals surface area (Å²) in [5.41, 5.74) is 0. The van der Waals surface area contributed by atoms with Gasteiger partial charge in [0.25, 0.3) is 0 Å². The number of amides is 1. The molecule has 0 aromatic rings. The number of carbonyl (C=O) groups excluding carboxylic acids is 1. The Bertz CT molecular complexity index is 218. The van der Waals surface area contributed by atoms with Crippen LogP contribution in [0.2, 0.25) is 0 Å². The number of rotatable bonds is 2. The standard InChI is InChI=1S/C12H24N2O/c1-8(2)11(5)12(15)14-9(3)6-13-7-10(14)4/h8-11,13H,6-7H2,1-5H3. The minimum Gasteiger partial charge on any atom is -0.334 e. The van der Waals surface area contributed by atoms with E-state index in [0.29, 0.717) is 23.9 Å². The quantitative estimate of drug-likeness (QED) is 0.752. The van der Waals surface area contributed by atoms with Gasteiger partial charge in [0.1, 0.15) is 0 Å². The summed E-state index contributed by atoms with van der Waals surface area (Å²) in [4.78, 5) is 14.3. The number of nitrogens with zero attached hydrogens (tertiary/aromatic N) is 1. The van der Waals surface area contributed by atoms with Crippen LogP contribution in [0.1, 0.15) is 34.6 Å². The number of hydrogen-bond acceptors (Lipinski definition) is 2. The molecular formula is C12H24N2O. The second-order valence-electron chi connectivity index (χ2n) is 5.13. The van der Waals surface area contributed by atoms with Crippen molar-refractivity contribution in [2.24, 2.45) is 11.8 Å². The van der Waals surface area contributed by atoms with E-state index in [-0.39, 0.29) is 5.92 Å². The van der Waals surface area contributed by atoms with E-state index in [9.17, 15) is 4.79 Å². The van der Waals surface area contributed by atoms with Crippen LogP contribution in [0.3, 0.4) is 0 Å². The molecule has 1 heterocycles. The molecule has 3 atom stereocenters. The van der Waals surface area contributed by atoms with Crippen molar-refractivity contribution in [1.82, 2.24) is 10.2 Å². The zero-order chi connectivity index (χ0) is 11.6. The van der Waals surface area contributed by atoms with Crippen LogP contribution in [0.15, 0.2) is 0 Å². The molecule has 1 saturated heterocycles. The first-order chi connectivity index (χ1) is 6.95. The molecule has 0 aliphatic carbocycles. The third kappa shape index (κ3) is 2.71. The average molecular weight is 212 g/mol. The molecular weight excluding hydrogens is 188 g/mol. The Labute approximate surface area is 93.2 Å². The Balaban J connectivity index is 2.71. The zero-order valence-electron chi connectivity index (χ0n) is 10.6. The minimum atomic E-state index is 0.132. The fourth-order valence-electron chi connectivity index (χ4n) is 2.09. The van der Waals surface area contributed by atoms with E-state index in [1.807, 2.05) is 6.92 Å². The van der Waals surface area contributed by atoms with Crippen LogP contribution >= 0.6 is 0 Å². The summed E-state index contributed by atoms with van der Waals surface area (Å²) in [5, 5.41) is 3.34. The van der Waals surface area contributed by atoms with Gasteiger partial charge in [-0.1, -0.05) is 20.8 Å². The molecule has 0 radical (unpaired) electrons. The molecule has 3 unspecified atom stereocenters. The molecule has 3 nitrogen and oxygen atoms in total. The summed E-state index contributed by atoms with van der Waals surface area (Å²) in [6.45, 7) is 12.3. The van der Waals surface area contributed by atoms with Crippen LogP contribution in [0.5, 0.6) is 0 Å². The van der Waals surface area contributed by atoms with Gasteiger partial charge in [-0.05, 0) is 19.8 Å². The molecule has 0 saturated carbocycles. The lowest BCUT2D eigenvalue weighted by Crippen LogP contribution is -2.58. The van der Waals surface area contributed by atoms with Crippen LogP contribution < -0.4 is 5.32 Å². The normalized spacial score (nSPS) is 29.3. The molecule has 0 bridgehead atoms. The van der Waals surface area contributed by atoms with Crippen molar-refractivity contribution in [3.05, 3.63) is 0 Å². The van der Waals surface area contributed by atoms with Crippen LogP contribution in [-0.4, -0.2) is 36.0 Å². The number of nitrogens with one attached hydrogen (secondary N) is 1. The van der Waals surface area contributed by atoms with Crippen molar-refractivity contribution in [3.8, 4) is 0 Å². The summed E-state index contributed by atoms with van der Waals surface area (Å²) >= 11 is 0. The van der Waals surface area contributed by atoms with Crippen molar-refractivity contribution in [1.29, 1.82) is 0 Å². The monoisotopic (exact) mass is 212 g/mol. The maximum atomic E-state index is 12.3. The van der Waals surface area contributed by atoms with E-state index in [4.69, 9.17) is 0 Å². The molecule has 3 heteroatoms. The molecule has 1 N–H and O–H groups in total. The summed E-state index contributed by atoms with van der Waals surface area (Å²) in [7, 11) is 0. The predicted octanol–water partition coefficient (Wildman–Crippen LogP) is 1.49. The summed E-state index contributed by atoms with van der Waals surface area (Å²) in [6, 6.07) is 0.643. The lowest BCUT2D eigenvalue weighted by Gasteiger charge is -2.41. The summed E-state index contributed by atoms with van der Waals surface area (Å²) in [5.74, 6) is 0.867. The average Bonchev–Trinajstić information content (AvgIpc) is 2.15. The second kappa shape index (κ2) is 4.97. The van der Waals surface area contributed by atoms with Gasteiger partial charge in [-0.15, -0.1) is 0 Å². The minimum absolute atomic E-state index is 0.132. The van der Waals surface area contributed by atoms with Gasteiger partial charge in [0.05, 0.1) is 0 Å². The molecule has 1 amide bonds. The topological polar surface area (TPSA) is 32.3 Å². The Kier molecular flexibility index (Phi) is 4.14. The third-order valence-electron chi connectivity index (χ3n) is 3.47. The van der Waals surface area contributed by atoms with Crippen molar-refractivity contribution < 1.29 is 4.79 Å². The Hall–Kier alpha value is -0.570. The Morgan fingerprint density at radius 3 is 2.07 bits per heavy atom. The largest absolute Gasteiger partial charge is 0.334 e. The van der Waals surface area contributed by atoms with Crippen LogP contribution in [0.4, 0.5) is 0 Å². The maximum Gasteiger partial charge on any atom is 0.226 e. The van der Waals surface area contributed by atoms with Crippen molar-refractivity contribution in [2.45, 2.75) is 46.7 Å². The van der Waals surface area contributed by atoms with Crippen LogP contribution in [0.25, 0.3) is 0 Å². The molecule has 0 aromatic heterocycles. The number of hydrogen-bond donors (Lipinski definition) is 1. The number of piperazine rings is 1. The van der Waals surface area contributed by atoms with Gasteiger partial charge < -0.3 is 10.2 Å². The van der Waals surface area contributed by atoms with Crippen LogP contribution in [-0.2, 0) is 4.79 Å². The smallest absolute Gasteiger partial charge is 0.226 e. The van der Waals surface area contributed by atoms with E-state index >= 15 is 0 Å². The zero-order valence-corrected chi connectivity index (χ0v) is 10.6. The van der Waals surface area contributed by atoms with Crippen molar-refractivity contribution >= 4 is 5.91 Å². The van der Waals surface area contributed by atoms with Gasteiger partial charge in [-0.2, -0.15) is 0 Å². The molecule has 1 fully saturated rings. The van der Waals surface area contributed by atoms with E-state index in [2.05, 4.69) is 37.9 Å². The van der Waals surface area contributed by atoms with E-state index in [1.165, 1.54) is 0 Å². The first-order valence-corrected chi connectivity index (χ1v) is 5.98. The SMILES string of the molecule is CC(C)C(C)C(=O)N1C(C)CNCC1C. The highest BCUT2D eigenvalue weighted by atomic mass is 16.2. The highest BCUT2D eigenvalue weighted by molar-refractivity contribution is 5.79. The first-order valence-electron chi connectivity index (χ1n) is 5.98. The van der Waals surface area contributed by atoms with E-state index in [1.54, 1.807) is 0 Å². The molecule has 1 aliphatic rings. The third-order valence-corrected chi connectivity index (χ3v) is 3.47. The molecule has 1 aliphatic heterocycles. The predicted molar refractivity (Wildman–Crippen MR) is 62.6 cm³/mol. The Morgan fingerprint density at radius 2 is 1.67 bits per heavy atom. The highest BCUT2D eigenvalue weighted by Gasteiger charge is 2.32. The Morgan fingerprint density at radius 1 is 1.20 bits per heavy atom. The van der Waals surface area contributed by atoms with Gasteiger partial charge in [0.15, 0.2) is 0 Å². The fourth-order valence-corrected chi connectivity index (χ4v) is 2.09. The molecule has 1 rings (SSSR count). The highest BCUT2D eigenvalue weighted by Crippen LogP contribution is 2.18. The van der Waals surface area contributed by atoms with Crippen molar-refractivity contribution in [3.63, 3.8) is 0 Å². The van der Waals surface area contributed by atoms with E-state index < -0.39 is 0 Å². The van der Waals surface area contributed by atoms with Crippen LogP contribution in [0, 0.1) is 11.8 Å². The first kappa shape index (κ1) is 12.5.